The van der Waals surface area contributed by atoms with Gasteiger partial charge in [-0.15, -0.1) is 0 Å². The Labute approximate surface area is 109 Å². The minimum atomic E-state index is -0.831. The lowest BCUT2D eigenvalue weighted by atomic mass is 10.00. The number of ether oxygens (including phenoxy) is 2. The molecule has 0 heterocycles. The fourth-order valence-corrected chi connectivity index (χ4v) is 1.45. The molecule has 0 saturated carbocycles. The molecule has 0 N–H and O–H groups in total. The van der Waals surface area contributed by atoms with Crippen molar-refractivity contribution in [3.05, 3.63) is 24.8 Å². The van der Waals surface area contributed by atoms with Crippen LogP contribution >= 0.6 is 0 Å². The molecule has 0 aromatic rings. The second-order valence-corrected chi connectivity index (χ2v) is 3.81. The van der Waals surface area contributed by atoms with E-state index in [4.69, 9.17) is 9.47 Å². The maximum atomic E-state index is 11.6. The maximum Gasteiger partial charge on any atom is 0.320 e. The fraction of sp³-hybridized carbons (Fsp3) is 0.571. The standard InChI is InChI=1S/C14H22O4/c1-5-11(4)9-8-10-12(13(15)17-6-2)14(16)18-7-3/h5,12H,1,4,6-10H2,2-3H3. The third-order valence-electron chi connectivity index (χ3n) is 2.42. The van der Waals surface area contributed by atoms with E-state index in [0.29, 0.717) is 19.3 Å². The van der Waals surface area contributed by atoms with Crippen LogP contribution in [-0.4, -0.2) is 25.2 Å². The molecule has 0 aliphatic heterocycles. The molecule has 0 amide bonds. The molecule has 18 heavy (non-hydrogen) atoms. The van der Waals surface area contributed by atoms with Crippen molar-refractivity contribution in [1.29, 1.82) is 0 Å². The van der Waals surface area contributed by atoms with Gasteiger partial charge in [-0.1, -0.05) is 24.8 Å². The molecule has 0 radical (unpaired) electrons. The van der Waals surface area contributed by atoms with Gasteiger partial charge in [0, 0.05) is 0 Å². The first-order valence-electron chi connectivity index (χ1n) is 6.20. The SMILES string of the molecule is C=CC(=C)CCCC(C(=O)OCC)C(=O)OCC. The van der Waals surface area contributed by atoms with Gasteiger partial charge in [-0.2, -0.15) is 0 Å². The van der Waals surface area contributed by atoms with Crippen LogP contribution in [0.3, 0.4) is 0 Å². The van der Waals surface area contributed by atoms with Gasteiger partial charge in [-0.3, -0.25) is 9.59 Å². The highest BCUT2D eigenvalue weighted by molar-refractivity contribution is 5.94. The van der Waals surface area contributed by atoms with Crippen LogP contribution < -0.4 is 0 Å². The van der Waals surface area contributed by atoms with Crippen molar-refractivity contribution in [1.82, 2.24) is 0 Å². The zero-order valence-corrected chi connectivity index (χ0v) is 11.2. The summed E-state index contributed by atoms with van der Waals surface area (Å²) in [6.07, 6.45) is 3.46. The topological polar surface area (TPSA) is 52.6 Å². The fourth-order valence-electron chi connectivity index (χ4n) is 1.45. The molecule has 4 nitrogen and oxygen atoms in total. The van der Waals surface area contributed by atoms with Crippen LogP contribution in [0, 0.1) is 5.92 Å². The number of rotatable bonds is 9. The van der Waals surface area contributed by atoms with Crippen LogP contribution in [0.25, 0.3) is 0 Å². The molecule has 0 aromatic carbocycles. The summed E-state index contributed by atoms with van der Waals surface area (Å²) in [5.74, 6) is -1.86. The average Bonchev–Trinajstić information content (AvgIpc) is 2.34. The van der Waals surface area contributed by atoms with Crippen molar-refractivity contribution in [3.63, 3.8) is 0 Å². The van der Waals surface area contributed by atoms with E-state index in [1.54, 1.807) is 19.9 Å². The van der Waals surface area contributed by atoms with Crippen LogP contribution in [0.4, 0.5) is 0 Å². The Morgan fingerprint density at radius 3 is 2.06 bits per heavy atom. The van der Waals surface area contributed by atoms with E-state index in [0.717, 1.165) is 5.57 Å². The van der Waals surface area contributed by atoms with Gasteiger partial charge in [0.1, 0.15) is 0 Å². The number of carbonyl (C=O) groups excluding carboxylic acids is 2. The van der Waals surface area contributed by atoms with Gasteiger partial charge in [0.05, 0.1) is 13.2 Å². The maximum absolute atomic E-state index is 11.6. The summed E-state index contributed by atoms with van der Waals surface area (Å²) < 4.78 is 9.75. The van der Waals surface area contributed by atoms with Gasteiger partial charge in [-0.05, 0) is 33.1 Å². The minimum Gasteiger partial charge on any atom is -0.465 e. The van der Waals surface area contributed by atoms with Crippen molar-refractivity contribution in [2.75, 3.05) is 13.2 Å². The summed E-state index contributed by atoms with van der Waals surface area (Å²) in [4.78, 5) is 23.3. The second-order valence-electron chi connectivity index (χ2n) is 3.81. The molecule has 0 aliphatic rings. The molecule has 0 unspecified atom stereocenters. The Bertz CT molecular complexity index is 289. The monoisotopic (exact) mass is 254 g/mol. The summed E-state index contributed by atoms with van der Waals surface area (Å²) in [6.45, 7) is 11.3. The van der Waals surface area contributed by atoms with E-state index >= 15 is 0 Å². The van der Waals surface area contributed by atoms with E-state index in [1.807, 2.05) is 0 Å². The number of esters is 2. The van der Waals surface area contributed by atoms with Crippen LogP contribution in [-0.2, 0) is 19.1 Å². The quantitative estimate of drug-likeness (QED) is 0.360. The molecule has 0 atom stereocenters. The van der Waals surface area contributed by atoms with Gasteiger partial charge >= 0.3 is 11.9 Å². The van der Waals surface area contributed by atoms with E-state index < -0.39 is 17.9 Å². The Kier molecular flexibility index (Phi) is 8.62. The van der Waals surface area contributed by atoms with E-state index in [1.165, 1.54) is 0 Å². The largest absolute Gasteiger partial charge is 0.465 e. The number of carbonyl (C=O) groups is 2. The smallest absolute Gasteiger partial charge is 0.320 e. The number of hydrogen-bond donors (Lipinski definition) is 0. The molecule has 102 valence electrons. The lowest BCUT2D eigenvalue weighted by molar-refractivity contribution is -0.161. The van der Waals surface area contributed by atoms with Gasteiger partial charge in [0.2, 0.25) is 0 Å². The number of hydrogen-bond acceptors (Lipinski definition) is 4. The minimum absolute atomic E-state index is 0.258. The predicted molar refractivity (Wildman–Crippen MR) is 69.9 cm³/mol. The summed E-state index contributed by atoms with van der Waals surface area (Å²) >= 11 is 0. The highest BCUT2D eigenvalue weighted by atomic mass is 16.6. The summed E-state index contributed by atoms with van der Waals surface area (Å²) in [7, 11) is 0. The summed E-state index contributed by atoms with van der Waals surface area (Å²) in [5, 5.41) is 0. The van der Waals surface area contributed by atoms with E-state index in [2.05, 4.69) is 13.2 Å². The summed E-state index contributed by atoms with van der Waals surface area (Å²) in [6, 6.07) is 0. The van der Waals surface area contributed by atoms with Crippen molar-refractivity contribution >= 4 is 11.9 Å². The zero-order chi connectivity index (χ0) is 14.0. The van der Waals surface area contributed by atoms with E-state index in [9.17, 15) is 9.59 Å². The lowest BCUT2D eigenvalue weighted by Gasteiger charge is -2.14. The number of allylic oxidation sites excluding steroid dienone is 2. The lowest BCUT2D eigenvalue weighted by Crippen LogP contribution is -2.28. The molecular formula is C14H22O4. The van der Waals surface area contributed by atoms with Crippen LogP contribution in [0.5, 0.6) is 0 Å². The highest BCUT2D eigenvalue weighted by Crippen LogP contribution is 2.15. The van der Waals surface area contributed by atoms with Gasteiger partial charge in [0.25, 0.3) is 0 Å². The van der Waals surface area contributed by atoms with Crippen LogP contribution in [0.2, 0.25) is 0 Å². The predicted octanol–water partition coefficient (Wildman–Crippen LogP) is 2.64. The third-order valence-corrected chi connectivity index (χ3v) is 2.42. The van der Waals surface area contributed by atoms with Crippen LogP contribution in [0.1, 0.15) is 33.1 Å². The molecular weight excluding hydrogens is 232 g/mol. The third kappa shape index (κ3) is 6.23. The first-order chi connectivity index (χ1) is 8.56. The van der Waals surface area contributed by atoms with Gasteiger partial charge in [0.15, 0.2) is 5.92 Å². The molecule has 0 rings (SSSR count). The van der Waals surface area contributed by atoms with Crippen molar-refractivity contribution < 1.29 is 19.1 Å². The zero-order valence-electron chi connectivity index (χ0n) is 11.2. The average molecular weight is 254 g/mol. The van der Waals surface area contributed by atoms with Crippen molar-refractivity contribution in [3.8, 4) is 0 Å². The molecule has 0 saturated heterocycles. The normalized spacial score (nSPS) is 9.94. The summed E-state index contributed by atoms with van der Waals surface area (Å²) in [5.41, 5.74) is 0.890. The highest BCUT2D eigenvalue weighted by Gasteiger charge is 2.28. The molecule has 0 bridgehead atoms. The van der Waals surface area contributed by atoms with Gasteiger partial charge in [-0.25, -0.2) is 0 Å². The van der Waals surface area contributed by atoms with Crippen LogP contribution in [0.15, 0.2) is 24.8 Å². The van der Waals surface area contributed by atoms with Crippen molar-refractivity contribution in [2.24, 2.45) is 5.92 Å². The van der Waals surface area contributed by atoms with E-state index in [-0.39, 0.29) is 13.2 Å². The first-order valence-corrected chi connectivity index (χ1v) is 6.20. The molecule has 0 spiro atoms. The molecule has 4 heteroatoms. The Hall–Kier alpha value is -1.58. The second kappa shape index (κ2) is 9.45. The molecule has 0 aliphatic carbocycles. The Morgan fingerprint density at radius 2 is 1.67 bits per heavy atom. The van der Waals surface area contributed by atoms with Gasteiger partial charge < -0.3 is 9.47 Å². The molecule has 0 aromatic heterocycles. The Balaban J connectivity index is 4.37. The first kappa shape index (κ1) is 16.4. The molecule has 0 fully saturated rings. The van der Waals surface area contributed by atoms with Crippen molar-refractivity contribution in [2.45, 2.75) is 33.1 Å². The Morgan fingerprint density at radius 1 is 1.17 bits per heavy atom.